The Hall–Kier alpha value is 0.371. The number of rotatable bonds is 1. The van der Waals surface area contributed by atoms with Crippen molar-refractivity contribution in [1.29, 1.82) is 0 Å². The first kappa shape index (κ1) is 8.47. The van der Waals surface area contributed by atoms with Gasteiger partial charge in [-0.15, -0.1) is 0 Å². The molecule has 1 aromatic rings. The molecule has 51 valence electrons. The zero-order valence-electron chi connectivity index (χ0n) is 6.14. The van der Waals surface area contributed by atoms with Gasteiger partial charge in [0.05, 0.1) is 0 Å². The summed E-state index contributed by atoms with van der Waals surface area (Å²) in [4.78, 5) is 0. The fourth-order valence-electron chi connectivity index (χ4n) is 0.914. The predicted molar refractivity (Wildman–Crippen MR) is 36.5 cm³/mol. The van der Waals surface area contributed by atoms with E-state index in [1.54, 1.807) is 0 Å². The molecule has 0 spiro atoms. The molecule has 0 saturated heterocycles. The SMILES string of the molecule is Cc1ccc([O][Nd])c(C)c1. The Morgan fingerprint density at radius 1 is 1.30 bits per heavy atom. The molecule has 0 fully saturated rings. The van der Waals surface area contributed by atoms with Gasteiger partial charge < -0.3 is 0 Å². The summed E-state index contributed by atoms with van der Waals surface area (Å²) < 4.78 is 5.24. The van der Waals surface area contributed by atoms with E-state index in [-0.39, 0.29) is 0 Å². The molecule has 1 aromatic carbocycles. The Morgan fingerprint density at radius 3 is 2.50 bits per heavy atom. The van der Waals surface area contributed by atoms with Crippen molar-refractivity contribution >= 4 is 0 Å². The van der Waals surface area contributed by atoms with Crippen LogP contribution in [-0.2, 0) is 0 Å². The van der Waals surface area contributed by atoms with Gasteiger partial charge in [0, 0.05) is 0 Å². The van der Waals surface area contributed by atoms with Crippen LogP contribution in [0.3, 0.4) is 0 Å². The second-order valence-corrected chi connectivity index (χ2v) is 3.03. The van der Waals surface area contributed by atoms with Crippen LogP contribution in [0, 0.1) is 53.2 Å². The molecule has 0 aromatic heterocycles. The van der Waals surface area contributed by atoms with Crippen LogP contribution in [0.4, 0.5) is 0 Å². The monoisotopic (exact) mass is 263 g/mol. The molecule has 0 amide bonds. The summed E-state index contributed by atoms with van der Waals surface area (Å²) in [5.41, 5.74) is 2.52. The number of hydrogen-bond donors (Lipinski definition) is 0. The third kappa shape index (κ3) is 1.92. The molecule has 0 aliphatic carbocycles. The van der Waals surface area contributed by atoms with Crippen LogP contribution < -0.4 is 1.06 Å². The van der Waals surface area contributed by atoms with Crippen LogP contribution >= 0.6 is 0 Å². The fourth-order valence-corrected chi connectivity index (χ4v) is 1.65. The van der Waals surface area contributed by atoms with E-state index in [2.05, 4.69) is 26.0 Å². The van der Waals surface area contributed by atoms with Gasteiger partial charge in [-0.2, -0.15) is 0 Å². The number of hydrogen-bond acceptors (Lipinski definition) is 1. The summed E-state index contributed by atoms with van der Waals surface area (Å²) in [6.45, 7) is 4.16. The Kier molecular flexibility index (Phi) is 3.11. The summed E-state index contributed by atoms with van der Waals surface area (Å²) in [7, 11) is 0. The third-order valence-corrected chi connectivity index (χ3v) is 2.15. The normalized spacial score (nSPS) is 9.30. The molecule has 2 heteroatoms. The van der Waals surface area contributed by atoms with Crippen LogP contribution in [0.2, 0.25) is 0 Å². The van der Waals surface area contributed by atoms with Gasteiger partial charge in [-0.05, 0) is 0 Å². The molecule has 10 heavy (non-hydrogen) atoms. The van der Waals surface area contributed by atoms with Gasteiger partial charge in [0.2, 0.25) is 0 Å². The van der Waals surface area contributed by atoms with E-state index in [9.17, 15) is 0 Å². The van der Waals surface area contributed by atoms with Crippen molar-refractivity contribution in [2.24, 2.45) is 0 Å². The molecular formula is C8H9NdO. The molecule has 0 atom stereocenters. The average molecular weight is 265 g/mol. The zero-order valence-corrected chi connectivity index (χ0v) is 9.35. The molecule has 1 nitrogen and oxygen atoms in total. The van der Waals surface area contributed by atoms with E-state index in [1.807, 2.05) is 6.07 Å². The summed E-state index contributed by atoms with van der Waals surface area (Å²) in [5, 5.41) is 0. The Bertz CT molecular complexity index is 233. The van der Waals surface area contributed by atoms with E-state index in [4.69, 9.17) is 1.06 Å². The first-order valence-corrected chi connectivity index (χ1v) is 4.46. The molecule has 0 radical (unpaired) electrons. The Morgan fingerprint density at radius 2 is 2.00 bits per heavy atom. The van der Waals surface area contributed by atoms with E-state index < -0.39 is 0 Å². The van der Waals surface area contributed by atoms with E-state index in [1.165, 1.54) is 11.1 Å². The second kappa shape index (κ2) is 3.67. The van der Waals surface area contributed by atoms with Crippen molar-refractivity contribution in [2.45, 2.75) is 13.8 Å². The standard InChI is InChI=1S/C8H10O.Nd/c1-6-3-4-8(9)7(2)5-6;/h3-5,9H,1-2H3;/q;+1/p-1. The number of aryl methyl sites for hydroxylation is 2. The van der Waals surface area contributed by atoms with E-state index in [0.29, 0.717) is 0 Å². The minimum atomic E-state index is 0.773. The molecule has 0 aliphatic rings. The Balaban J connectivity index is 3.07. The number of benzene rings is 1. The zero-order chi connectivity index (χ0) is 7.56. The van der Waals surface area contributed by atoms with E-state index >= 15 is 0 Å². The van der Waals surface area contributed by atoms with E-state index in [0.717, 1.165) is 45.1 Å². The van der Waals surface area contributed by atoms with Gasteiger partial charge >= 0.3 is 89.4 Å². The first-order valence-electron chi connectivity index (χ1n) is 3.15. The summed E-state index contributed by atoms with van der Waals surface area (Å²) in [6.07, 6.45) is 0. The molecule has 0 N–H and O–H groups in total. The predicted octanol–water partition coefficient (Wildman–Crippen LogP) is 2.15. The average Bonchev–Trinajstić information content (AvgIpc) is 1.88. The van der Waals surface area contributed by atoms with Crippen LogP contribution in [0.5, 0.6) is 5.75 Å². The maximum atomic E-state index is 5.24. The summed E-state index contributed by atoms with van der Waals surface area (Å²) in [5.74, 6) is 1.03. The van der Waals surface area contributed by atoms with Crippen molar-refractivity contribution in [1.82, 2.24) is 0 Å². The van der Waals surface area contributed by atoms with Crippen molar-refractivity contribution in [3.05, 3.63) is 29.3 Å². The summed E-state index contributed by atoms with van der Waals surface area (Å²) >= 11 is 0.773. The topological polar surface area (TPSA) is 9.23 Å². The minimum absolute atomic E-state index is 0.773. The van der Waals surface area contributed by atoms with Gasteiger partial charge in [0.25, 0.3) is 0 Å². The van der Waals surface area contributed by atoms with Gasteiger partial charge in [0.15, 0.2) is 0 Å². The second-order valence-electron chi connectivity index (χ2n) is 2.37. The van der Waals surface area contributed by atoms with Crippen molar-refractivity contribution in [3.8, 4) is 5.75 Å². The Labute approximate surface area is 88.5 Å². The molecule has 0 unspecified atom stereocenters. The first-order chi connectivity index (χ1) is 4.74. The van der Waals surface area contributed by atoms with Gasteiger partial charge in [-0.1, -0.05) is 0 Å². The maximum absolute atomic E-state index is 5.24. The van der Waals surface area contributed by atoms with Crippen molar-refractivity contribution in [3.63, 3.8) is 0 Å². The fraction of sp³-hybridized carbons (Fsp3) is 0.250. The molecular weight excluding hydrogens is 256 g/mol. The molecule has 0 bridgehead atoms. The summed E-state index contributed by atoms with van der Waals surface area (Å²) in [6, 6.07) is 6.23. The quantitative estimate of drug-likeness (QED) is 0.756. The molecule has 0 heterocycles. The van der Waals surface area contributed by atoms with Crippen molar-refractivity contribution < 1.29 is 40.4 Å². The van der Waals surface area contributed by atoms with Gasteiger partial charge in [-0.3, -0.25) is 0 Å². The third-order valence-electron chi connectivity index (χ3n) is 1.44. The van der Waals surface area contributed by atoms with Crippen LogP contribution in [0.15, 0.2) is 18.2 Å². The van der Waals surface area contributed by atoms with Crippen LogP contribution in [0.1, 0.15) is 11.1 Å². The van der Waals surface area contributed by atoms with Gasteiger partial charge in [-0.25, -0.2) is 0 Å². The van der Waals surface area contributed by atoms with Crippen LogP contribution in [-0.4, -0.2) is 0 Å². The molecule has 0 saturated carbocycles. The molecule has 0 aliphatic heterocycles. The van der Waals surface area contributed by atoms with Gasteiger partial charge in [0.1, 0.15) is 0 Å². The van der Waals surface area contributed by atoms with Crippen LogP contribution in [0.25, 0.3) is 0 Å². The van der Waals surface area contributed by atoms with Crippen molar-refractivity contribution in [2.75, 3.05) is 0 Å². The molecule has 1 rings (SSSR count).